The molecule has 0 aliphatic rings. The largest absolute Gasteiger partial charge is 0.396 e. The Labute approximate surface area is 97.1 Å². The molecule has 0 saturated heterocycles. The van der Waals surface area contributed by atoms with Gasteiger partial charge in [-0.3, -0.25) is 0 Å². The molecule has 84 valence electrons. The van der Waals surface area contributed by atoms with Crippen LogP contribution in [0.4, 0.5) is 0 Å². The Morgan fingerprint density at radius 2 is 1.73 bits per heavy atom. The van der Waals surface area contributed by atoms with Crippen molar-refractivity contribution in [1.82, 2.24) is 0 Å². The van der Waals surface area contributed by atoms with Crippen LogP contribution in [0.5, 0.6) is 0 Å². The van der Waals surface area contributed by atoms with Gasteiger partial charge < -0.3 is 5.11 Å². The van der Waals surface area contributed by atoms with Crippen LogP contribution >= 0.6 is 11.6 Å². The lowest BCUT2D eigenvalue weighted by Gasteiger charge is -2.15. The standard InChI is InChI=1S/C13H19ClO/c1-10(2)3-4-12(9-15)11-5-7-13(14)8-6-11/h5-8,10,12,15H,3-4,9H2,1-2H3. The van der Waals surface area contributed by atoms with E-state index < -0.39 is 0 Å². The molecule has 1 aromatic rings. The first-order valence-corrected chi connectivity index (χ1v) is 5.87. The van der Waals surface area contributed by atoms with Crippen molar-refractivity contribution in [1.29, 1.82) is 0 Å². The molecule has 1 unspecified atom stereocenters. The molecule has 0 saturated carbocycles. The maximum absolute atomic E-state index is 9.33. The summed E-state index contributed by atoms with van der Waals surface area (Å²) in [5, 5.41) is 10.1. The van der Waals surface area contributed by atoms with E-state index in [0.29, 0.717) is 5.92 Å². The number of aliphatic hydroxyl groups is 1. The van der Waals surface area contributed by atoms with Crippen LogP contribution < -0.4 is 0 Å². The van der Waals surface area contributed by atoms with E-state index in [1.807, 2.05) is 24.3 Å². The molecule has 0 aliphatic carbocycles. The van der Waals surface area contributed by atoms with Crippen LogP contribution in [0.2, 0.25) is 5.02 Å². The number of benzene rings is 1. The number of halogens is 1. The fraction of sp³-hybridized carbons (Fsp3) is 0.538. The zero-order chi connectivity index (χ0) is 11.3. The summed E-state index contributed by atoms with van der Waals surface area (Å²) < 4.78 is 0. The normalized spacial score (nSPS) is 13.1. The molecule has 1 rings (SSSR count). The first kappa shape index (κ1) is 12.5. The molecule has 1 aromatic carbocycles. The quantitative estimate of drug-likeness (QED) is 0.809. The van der Waals surface area contributed by atoms with Crippen LogP contribution in [0, 0.1) is 5.92 Å². The van der Waals surface area contributed by atoms with Crippen molar-refractivity contribution in [2.45, 2.75) is 32.6 Å². The van der Waals surface area contributed by atoms with Gasteiger partial charge in [-0.2, -0.15) is 0 Å². The molecule has 0 aliphatic heterocycles. The third-order valence-corrected chi connectivity index (χ3v) is 2.91. The second-order valence-electron chi connectivity index (χ2n) is 4.40. The van der Waals surface area contributed by atoms with E-state index in [9.17, 15) is 5.11 Å². The minimum atomic E-state index is 0.217. The average molecular weight is 227 g/mol. The Balaban J connectivity index is 2.61. The zero-order valence-corrected chi connectivity index (χ0v) is 10.2. The number of hydrogen-bond acceptors (Lipinski definition) is 1. The van der Waals surface area contributed by atoms with E-state index in [1.54, 1.807) is 0 Å². The first-order chi connectivity index (χ1) is 7.13. The van der Waals surface area contributed by atoms with Gasteiger partial charge in [0.1, 0.15) is 0 Å². The minimum Gasteiger partial charge on any atom is -0.396 e. The highest BCUT2D eigenvalue weighted by molar-refractivity contribution is 6.30. The van der Waals surface area contributed by atoms with Crippen molar-refractivity contribution < 1.29 is 5.11 Å². The van der Waals surface area contributed by atoms with Gasteiger partial charge in [-0.15, -0.1) is 0 Å². The van der Waals surface area contributed by atoms with Crippen LogP contribution in [-0.4, -0.2) is 11.7 Å². The Morgan fingerprint density at radius 1 is 1.13 bits per heavy atom. The van der Waals surface area contributed by atoms with Crippen LogP contribution in [0.15, 0.2) is 24.3 Å². The van der Waals surface area contributed by atoms with Crippen LogP contribution in [-0.2, 0) is 0 Å². The topological polar surface area (TPSA) is 20.2 Å². The third-order valence-electron chi connectivity index (χ3n) is 2.65. The molecule has 0 radical (unpaired) electrons. The van der Waals surface area contributed by atoms with Crippen LogP contribution in [0.3, 0.4) is 0 Å². The first-order valence-electron chi connectivity index (χ1n) is 5.49. The second-order valence-corrected chi connectivity index (χ2v) is 4.84. The highest BCUT2D eigenvalue weighted by atomic mass is 35.5. The summed E-state index contributed by atoms with van der Waals surface area (Å²) in [6.45, 7) is 4.63. The van der Waals surface area contributed by atoms with Crippen molar-refractivity contribution in [2.75, 3.05) is 6.61 Å². The van der Waals surface area contributed by atoms with Gasteiger partial charge in [0, 0.05) is 17.5 Å². The SMILES string of the molecule is CC(C)CCC(CO)c1ccc(Cl)cc1. The predicted octanol–water partition coefficient (Wildman–Crippen LogP) is 3.85. The molecule has 0 aromatic heterocycles. The molecule has 1 atom stereocenters. The maximum Gasteiger partial charge on any atom is 0.0499 e. The summed E-state index contributed by atoms with van der Waals surface area (Å²) in [6.07, 6.45) is 2.18. The van der Waals surface area contributed by atoms with E-state index in [-0.39, 0.29) is 12.5 Å². The lowest BCUT2D eigenvalue weighted by molar-refractivity contribution is 0.253. The molecule has 2 heteroatoms. The monoisotopic (exact) mass is 226 g/mol. The zero-order valence-electron chi connectivity index (χ0n) is 9.41. The lowest BCUT2D eigenvalue weighted by atomic mass is 9.92. The predicted molar refractivity (Wildman–Crippen MR) is 65.4 cm³/mol. The van der Waals surface area contributed by atoms with Gasteiger partial charge >= 0.3 is 0 Å². The Bertz CT molecular complexity index is 279. The molecule has 0 fully saturated rings. The van der Waals surface area contributed by atoms with Gasteiger partial charge in [-0.1, -0.05) is 44.0 Å². The van der Waals surface area contributed by atoms with Crippen molar-refractivity contribution in [3.05, 3.63) is 34.9 Å². The summed E-state index contributed by atoms with van der Waals surface area (Å²) >= 11 is 5.82. The third kappa shape index (κ3) is 4.23. The number of rotatable bonds is 5. The van der Waals surface area contributed by atoms with Gasteiger partial charge in [-0.25, -0.2) is 0 Å². The smallest absolute Gasteiger partial charge is 0.0499 e. The van der Waals surface area contributed by atoms with E-state index in [0.717, 1.165) is 17.9 Å². The van der Waals surface area contributed by atoms with E-state index in [1.165, 1.54) is 5.56 Å². The fourth-order valence-corrected chi connectivity index (χ4v) is 1.76. The van der Waals surface area contributed by atoms with Gasteiger partial charge in [-0.05, 0) is 30.0 Å². The maximum atomic E-state index is 9.33. The summed E-state index contributed by atoms with van der Waals surface area (Å²) in [5.41, 5.74) is 1.18. The van der Waals surface area contributed by atoms with Crippen LogP contribution in [0.1, 0.15) is 38.2 Å². The van der Waals surface area contributed by atoms with Crippen molar-refractivity contribution in [2.24, 2.45) is 5.92 Å². The van der Waals surface area contributed by atoms with Gasteiger partial charge in [0.25, 0.3) is 0 Å². The van der Waals surface area contributed by atoms with Gasteiger partial charge in [0.15, 0.2) is 0 Å². The second kappa shape index (κ2) is 6.14. The van der Waals surface area contributed by atoms with E-state index in [4.69, 9.17) is 11.6 Å². The molecular formula is C13H19ClO. The molecular weight excluding hydrogens is 208 g/mol. The van der Waals surface area contributed by atoms with Gasteiger partial charge in [0.2, 0.25) is 0 Å². The summed E-state index contributed by atoms with van der Waals surface area (Å²) in [7, 11) is 0. The summed E-state index contributed by atoms with van der Waals surface area (Å²) in [4.78, 5) is 0. The highest BCUT2D eigenvalue weighted by Gasteiger charge is 2.10. The number of hydrogen-bond donors (Lipinski definition) is 1. The van der Waals surface area contributed by atoms with E-state index >= 15 is 0 Å². The molecule has 0 bridgehead atoms. The van der Waals surface area contributed by atoms with E-state index in [2.05, 4.69) is 13.8 Å². The number of aliphatic hydroxyl groups excluding tert-OH is 1. The average Bonchev–Trinajstić information content (AvgIpc) is 2.21. The Hall–Kier alpha value is -0.530. The van der Waals surface area contributed by atoms with Crippen molar-refractivity contribution in [3.8, 4) is 0 Å². The molecule has 0 heterocycles. The Kier molecular flexibility index (Phi) is 5.13. The molecule has 1 nitrogen and oxygen atoms in total. The molecule has 1 N–H and O–H groups in total. The molecule has 0 spiro atoms. The van der Waals surface area contributed by atoms with Gasteiger partial charge in [0.05, 0.1) is 0 Å². The fourth-order valence-electron chi connectivity index (χ4n) is 1.63. The highest BCUT2D eigenvalue weighted by Crippen LogP contribution is 2.24. The minimum absolute atomic E-state index is 0.217. The Morgan fingerprint density at radius 3 is 2.20 bits per heavy atom. The van der Waals surface area contributed by atoms with Crippen molar-refractivity contribution >= 4 is 11.6 Å². The van der Waals surface area contributed by atoms with Crippen LogP contribution in [0.25, 0.3) is 0 Å². The summed E-state index contributed by atoms with van der Waals surface area (Å²) in [6, 6.07) is 7.77. The lowest BCUT2D eigenvalue weighted by Crippen LogP contribution is -2.05. The molecule has 15 heavy (non-hydrogen) atoms. The molecule has 0 amide bonds. The van der Waals surface area contributed by atoms with Crippen molar-refractivity contribution in [3.63, 3.8) is 0 Å². The summed E-state index contributed by atoms with van der Waals surface area (Å²) in [5.74, 6) is 0.941.